The topological polar surface area (TPSA) is 51.5 Å². The van der Waals surface area contributed by atoms with E-state index in [9.17, 15) is 4.79 Å². The number of para-hydroxylation sites is 1. The van der Waals surface area contributed by atoms with Gasteiger partial charge in [0.1, 0.15) is 17.3 Å². The highest BCUT2D eigenvalue weighted by Crippen LogP contribution is 2.25. The van der Waals surface area contributed by atoms with Crippen LogP contribution in [0.2, 0.25) is 0 Å². The lowest BCUT2D eigenvalue weighted by atomic mass is 10.1. The second kappa shape index (κ2) is 8.58. The standard InChI is InChI=1S/C23H25NO3/c1-4-17-7-5-6-16(2)23(17)24-22(25)15-13-20-12-14-21(27-20)18-8-10-19(26-3)11-9-18/h5-12,14H,4,13,15H2,1-3H3,(H,24,25). The van der Waals surface area contributed by atoms with Gasteiger partial charge in [0.25, 0.3) is 0 Å². The normalized spacial score (nSPS) is 10.6. The Bertz CT molecular complexity index is 910. The molecule has 1 heterocycles. The Balaban J connectivity index is 1.60. The molecule has 1 N–H and O–H groups in total. The van der Waals surface area contributed by atoms with E-state index in [1.807, 2.05) is 55.5 Å². The van der Waals surface area contributed by atoms with E-state index in [0.29, 0.717) is 12.8 Å². The van der Waals surface area contributed by atoms with Crippen LogP contribution in [-0.2, 0) is 17.6 Å². The Kier molecular flexibility index (Phi) is 5.97. The summed E-state index contributed by atoms with van der Waals surface area (Å²) in [6.45, 7) is 4.11. The molecule has 4 nitrogen and oxygen atoms in total. The highest BCUT2D eigenvalue weighted by Gasteiger charge is 2.11. The number of furan rings is 1. The van der Waals surface area contributed by atoms with Gasteiger partial charge in [-0.15, -0.1) is 0 Å². The minimum absolute atomic E-state index is 0.00129. The third-order valence-corrected chi connectivity index (χ3v) is 4.64. The first kappa shape index (κ1) is 18.8. The molecule has 4 heteroatoms. The van der Waals surface area contributed by atoms with Gasteiger partial charge in [0.2, 0.25) is 5.91 Å². The van der Waals surface area contributed by atoms with Gasteiger partial charge in [0.15, 0.2) is 0 Å². The first-order valence-electron chi connectivity index (χ1n) is 9.22. The van der Waals surface area contributed by atoms with E-state index in [1.165, 1.54) is 0 Å². The molecule has 140 valence electrons. The molecule has 0 bridgehead atoms. The number of methoxy groups -OCH3 is 1. The monoisotopic (exact) mass is 363 g/mol. The zero-order valence-corrected chi connectivity index (χ0v) is 16.0. The number of carbonyl (C=O) groups excluding carboxylic acids is 1. The predicted octanol–water partition coefficient (Wildman–Crippen LogP) is 5.40. The van der Waals surface area contributed by atoms with Gasteiger partial charge >= 0.3 is 0 Å². The number of hydrogen-bond donors (Lipinski definition) is 1. The Hall–Kier alpha value is -3.01. The van der Waals surface area contributed by atoms with Crippen molar-refractivity contribution in [1.82, 2.24) is 0 Å². The van der Waals surface area contributed by atoms with E-state index < -0.39 is 0 Å². The third kappa shape index (κ3) is 4.59. The van der Waals surface area contributed by atoms with Gasteiger partial charge in [-0.3, -0.25) is 4.79 Å². The molecule has 0 aliphatic rings. The molecule has 1 aromatic heterocycles. The maximum Gasteiger partial charge on any atom is 0.224 e. The Morgan fingerprint density at radius 2 is 1.85 bits per heavy atom. The van der Waals surface area contributed by atoms with Gasteiger partial charge in [0.05, 0.1) is 7.11 Å². The van der Waals surface area contributed by atoms with Crippen LogP contribution in [0.25, 0.3) is 11.3 Å². The first-order valence-corrected chi connectivity index (χ1v) is 9.22. The van der Waals surface area contributed by atoms with Crippen LogP contribution in [-0.4, -0.2) is 13.0 Å². The number of carbonyl (C=O) groups is 1. The average Bonchev–Trinajstić information content (AvgIpc) is 3.17. The van der Waals surface area contributed by atoms with Crippen molar-refractivity contribution in [2.24, 2.45) is 0 Å². The van der Waals surface area contributed by atoms with E-state index in [0.717, 1.165) is 46.1 Å². The number of benzene rings is 2. The van der Waals surface area contributed by atoms with Gasteiger partial charge < -0.3 is 14.5 Å². The molecule has 0 fully saturated rings. The molecule has 0 radical (unpaired) electrons. The molecule has 0 aliphatic carbocycles. The number of ether oxygens (including phenoxy) is 1. The summed E-state index contributed by atoms with van der Waals surface area (Å²) in [5, 5.41) is 3.06. The number of aryl methyl sites for hydroxylation is 3. The minimum atomic E-state index is 0.00129. The highest BCUT2D eigenvalue weighted by molar-refractivity contribution is 5.92. The molecule has 0 atom stereocenters. The van der Waals surface area contributed by atoms with E-state index in [1.54, 1.807) is 7.11 Å². The molecule has 1 amide bonds. The quantitative estimate of drug-likeness (QED) is 0.612. The zero-order chi connectivity index (χ0) is 19.2. The van der Waals surface area contributed by atoms with Gasteiger partial charge in [-0.05, 0) is 60.9 Å². The number of rotatable bonds is 7. The van der Waals surface area contributed by atoms with Crippen LogP contribution in [0.15, 0.2) is 59.0 Å². The number of amides is 1. The van der Waals surface area contributed by atoms with Crippen molar-refractivity contribution in [3.63, 3.8) is 0 Å². The lowest BCUT2D eigenvalue weighted by molar-refractivity contribution is -0.116. The Labute approximate surface area is 160 Å². The molecule has 0 saturated carbocycles. The first-order chi connectivity index (χ1) is 13.1. The number of anilines is 1. The van der Waals surface area contributed by atoms with Gasteiger partial charge in [0, 0.05) is 24.1 Å². The van der Waals surface area contributed by atoms with Crippen LogP contribution >= 0.6 is 0 Å². The maximum absolute atomic E-state index is 12.4. The predicted molar refractivity (Wildman–Crippen MR) is 108 cm³/mol. The maximum atomic E-state index is 12.4. The zero-order valence-electron chi connectivity index (χ0n) is 16.0. The largest absolute Gasteiger partial charge is 0.497 e. The summed E-state index contributed by atoms with van der Waals surface area (Å²) in [4.78, 5) is 12.4. The average molecular weight is 363 g/mol. The van der Waals surface area contributed by atoms with Crippen molar-refractivity contribution in [3.05, 3.63) is 71.5 Å². The van der Waals surface area contributed by atoms with E-state index in [4.69, 9.17) is 9.15 Å². The molecule has 0 unspecified atom stereocenters. The molecule has 0 spiro atoms. The summed E-state index contributed by atoms with van der Waals surface area (Å²) in [6, 6.07) is 17.7. The lowest BCUT2D eigenvalue weighted by Crippen LogP contribution is -2.14. The summed E-state index contributed by atoms with van der Waals surface area (Å²) in [5.74, 6) is 2.41. The number of hydrogen-bond acceptors (Lipinski definition) is 3. The van der Waals surface area contributed by atoms with Crippen LogP contribution in [0.1, 0.15) is 30.2 Å². The van der Waals surface area contributed by atoms with Crippen LogP contribution in [0, 0.1) is 6.92 Å². The molecule has 2 aromatic carbocycles. The molecule has 3 rings (SSSR count). The second-order valence-electron chi connectivity index (χ2n) is 6.51. The Morgan fingerprint density at radius 3 is 2.56 bits per heavy atom. The second-order valence-corrected chi connectivity index (χ2v) is 6.51. The summed E-state index contributed by atoms with van der Waals surface area (Å²) in [6.07, 6.45) is 1.84. The summed E-state index contributed by atoms with van der Waals surface area (Å²) in [5.41, 5.74) is 4.16. The highest BCUT2D eigenvalue weighted by atomic mass is 16.5. The van der Waals surface area contributed by atoms with Crippen molar-refractivity contribution in [2.45, 2.75) is 33.1 Å². The van der Waals surface area contributed by atoms with E-state index in [-0.39, 0.29) is 5.91 Å². The lowest BCUT2D eigenvalue weighted by Gasteiger charge is -2.12. The molecular formula is C23H25NO3. The molecule has 0 aliphatic heterocycles. The number of nitrogens with one attached hydrogen (secondary N) is 1. The van der Waals surface area contributed by atoms with E-state index in [2.05, 4.69) is 18.3 Å². The van der Waals surface area contributed by atoms with Crippen LogP contribution in [0.4, 0.5) is 5.69 Å². The summed E-state index contributed by atoms with van der Waals surface area (Å²) in [7, 11) is 1.64. The minimum Gasteiger partial charge on any atom is -0.497 e. The fraction of sp³-hybridized carbons (Fsp3) is 0.261. The third-order valence-electron chi connectivity index (χ3n) is 4.64. The van der Waals surface area contributed by atoms with Crippen molar-refractivity contribution in [3.8, 4) is 17.1 Å². The van der Waals surface area contributed by atoms with Crippen LogP contribution in [0.5, 0.6) is 5.75 Å². The van der Waals surface area contributed by atoms with Gasteiger partial charge in [-0.25, -0.2) is 0 Å². The van der Waals surface area contributed by atoms with Gasteiger partial charge in [-0.1, -0.05) is 25.1 Å². The van der Waals surface area contributed by atoms with Crippen LogP contribution < -0.4 is 10.1 Å². The molecule has 3 aromatic rings. The van der Waals surface area contributed by atoms with Crippen LogP contribution in [0.3, 0.4) is 0 Å². The smallest absolute Gasteiger partial charge is 0.224 e. The van der Waals surface area contributed by atoms with Crippen molar-refractivity contribution in [1.29, 1.82) is 0 Å². The fourth-order valence-electron chi connectivity index (χ4n) is 3.06. The van der Waals surface area contributed by atoms with Crippen molar-refractivity contribution < 1.29 is 13.9 Å². The summed E-state index contributed by atoms with van der Waals surface area (Å²) < 4.78 is 11.1. The summed E-state index contributed by atoms with van der Waals surface area (Å²) >= 11 is 0. The van der Waals surface area contributed by atoms with Crippen molar-refractivity contribution in [2.75, 3.05) is 12.4 Å². The fourth-order valence-corrected chi connectivity index (χ4v) is 3.06. The molecular weight excluding hydrogens is 338 g/mol. The molecule has 0 saturated heterocycles. The van der Waals surface area contributed by atoms with E-state index >= 15 is 0 Å². The Morgan fingerprint density at radius 1 is 1.07 bits per heavy atom. The SMILES string of the molecule is CCc1cccc(C)c1NC(=O)CCc1ccc(-c2ccc(OC)cc2)o1. The van der Waals surface area contributed by atoms with Crippen molar-refractivity contribution >= 4 is 11.6 Å². The van der Waals surface area contributed by atoms with Gasteiger partial charge in [-0.2, -0.15) is 0 Å². The molecule has 27 heavy (non-hydrogen) atoms.